The maximum Gasteiger partial charge on any atom is 0.173 e. The summed E-state index contributed by atoms with van der Waals surface area (Å²) in [5.41, 5.74) is 7.81. The van der Waals surface area contributed by atoms with E-state index < -0.39 is 5.54 Å². The van der Waals surface area contributed by atoms with Crippen LogP contribution in [0.4, 0.5) is 0 Å². The van der Waals surface area contributed by atoms with Crippen molar-refractivity contribution in [3.8, 4) is 24.2 Å². The summed E-state index contributed by atoms with van der Waals surface area (Å²) in [6.45, 7) is 11.7. The fourth-order valence-corrected chi connectivity index (χ4v) is 12.5. The monoisotopic (exact) mass is 972 g/mol. The standard InChI is InChI=1S/C69H113NO/c1-7-12-15-18-20-22-24-26-27-28-29-30-31-32-33-34-35-36-37-38-40-42-44-47-53-61-54-52-59-70(61)69(11-5,58-51-45-43-41-39-25-23-21-19-16-13-8-2)64(56-49-17-14-9-3)66-60(6)62(10-4)68-67(66)63-55-48-46-50-57-65(63)71-68/h5,47,52-54,59,64,68H,7-10,12-46,48-50,55-57H2,1-4,6H3. The van der Waals surface area contributed by atoms with Crippen LogP contribution in [0.5, 0.6) is 0 Å². The Morgan fingerprint density at radius 1 is 0.620 bits per heavy atom. The van der Waals surface area contributed by atoms with E-state index in [-0.39, 0.29) is 12.0 Å². The molecule has 400 valence electrons. The second kappa shape index (κ2) is 38.7. The predicted molar refractivity (Wildman–Crippen MR) is 314 cm³/mol. The molecule has 0 saturated carbocycles. The summed E-state index contributed by atoms with van der Waals surface area (Å²) in [4.78, 5) is 0. The number of hydrogen-bond acceptors (Lipinski definition) is 1. The molecule has 1 aliphatic heterocycles. The summed E-state index contributed by atoms with van der Waals surface area (Å²) in [7, 11) is 0. The number of unbranched alkanes of at least 4 members (excludes halogenated alkanes) is 35. The van der Waals surface area contributed by atoms with Crippen LogP contribution in [0.1, 0.15) is 329 Å². The lowest BCUT2D eigenvalue weighted by atomic mass is 9.72. The van der Waals surface area contributed by atoms with Crippen LogP contribution < -0.4 is 0 Å². The Kier molecular flexibility index (Phi) is 33.1. The van der Waals surface area contributed by atoms with Gasteiger partial charge in [-0.3, -0.25) is 0 Å². The van der Waals surface area contributed by atoms with Gasteiger partial charge in [-0.15, -0.1) is 6.42 Å². The number of fused-ring (bicyclic) bond motifs is 2. The molecule has 0 aromatic carbocycles. The second-order valence-corrected chi connectivity index (χ2v) is 22.8. The molecule has 2 heteroatoms. The first kappa shape index (κ1) is 60.7. The predicted octanol–water partition coefficient (Wildman–Crippen LogP) is 22.4. The zero-order chi connectivity index (χ0) is 50.5. The summed E-state index contributed by atoms with van der Waals surface area (Å²) < 4.78 is 9.46. The molecular weight excluding hydrogens is 859 g/mol. The van der Waals surface area contributed by atoms with Gasteiger partial charge >= 0.3 is 0 Å². The highest BCUT2D eigenvalue weighted by molar-refractivity contribution is 5.63. The van der Waals surface area contributed by atoms with Gasteiger partial charge in [0, 0.05) is 36.2 Å². The van der Waals surface area contributed by atoms with E-state index in [0.29, 0.717) is 0 Å². The van der Waals surface area contributed by atoms with Crippen LogP contribution in [0.25, 0.3) is 6.08 Å². The summed E-state index contributed by atoms with van der Waals surface area (Å²) in [6, 6.07) is 4.52. The first-order chi connectivity index (χ1) is 35.1. The Labute approximate surface area is 442 Å². The maximum atomic E-state index is 7.05. The summed E-state index contributed by atoms with van der Waals surface area (Å²) in [5.74, 6) is 12.7. The summed E-state index contributed by atoms with van der Waals surface area (Å²) >= 11 is 0. The van der Waals surface area contributed by atoms with Crippen LogP contribution in [0, 0.1) is 30.1 Å². The average Bonchev–Trinajstić information content (AvgIpc) is 4.01. The average molecular weight is 973 g/mol. The normalized spacial score (nSPS) is 17.0. The van der Waals surface area contributed by atoms with Gasteiger partial charge in [0.05, 0.1) is 0 Å². The molecule has 4 rings (SSSR count). The summed E-state index contributed by atoms with van der Waals surface area (Å²) in [6.07, 6.45) is 73.9. The smallest absolute Gasteiger partial charge is 0.173 e. The van der Waals surface area contributed by atoms with E-state index >= 15 is 0 Å². The molecule has 0 spiro atoms. The van der Waals surface area contributed by atoms with Gasteiger partial charge in [0.15, 0.2) is 5.54 Å². The van der Waals surface area contributed by atoms with Gasteiger partial charge in [0.2, 0.25) is 0 Å². The SMILES string of the molecule is C#CC(C#CCCCCCCCCCCCC)(C(CCCCCC)C1=C2C3=C(CCCCC3)OC2C(CC)=C1C)n1cccc1C=CCCCCCCCCCCCCCCCCCCCCCCCC. The van der Waals surface area contributed by atoms with Crippen LogP contribution in [-0.4, -0.2) is 10.7 Å². The highest BCUT2D eigenvalue weighted by Crippen LogP contribution is 2.54. The minimum Gasteiger partial charge on any atom is -0.485 e. The van der Waals surface area contributed by atoms with Crippen molar-refractivity contribution in [2.24, 2.45) is 5.92 Å². The van der Waals surface area contributed by atoms with Crippen LogP contribution in [0.15, 0.2) is 58.0 Å². The van der Waals surface area contributed by atoms with Gasteiger partial charge in [-0.05, 0) is 98.8 Å². The fourth-order valence-electron chi connectivity index (χ4n) is 12.5. The zero-order valence-electron chi connectivity index (χ0n) is 47.8. The fraction of sp³-hybridized carbons (Fsp3) is 0.768. The van der Waals surface area contributed by atoms with Crippen molar-refractivity contribution in [1.82, 2.24) is 4.57 Å². The van der Waals surface area contributed by atoms with E-state index in [0.717, 1.165) is 51.4 Å². The second-order valence-electron chi connectivity index (χ2n) is 22.8. The quantitative estimate of drug-likeness (QED) is 0.0470. The third-order valence-corrected chi connectivity index (χ3v) is 16.9. The molecule has 2 nitrogen and oxygen atoms in total. The van der Waals surface area contributed by atoms with Crippen molar-refractivity contribution in [3.05, 3.63) is 63.7 Å². The Hall–Kier alpha value is -2.84. The molecule has 0 N–H and O–H groups in total. The first-order valence-electron chi connectivity index (χ1n) is 31.7. The molecule has 1 aromatic heterocycles. The largest absolute Gasteiger partial charge is 0.485 e. The Morgan fingerprint density at radius 2 is 1.10 bits per heavy atom. The molecule has 0 radical (unpaired) electrons. The van der Waals surface area contributed by atoms with E-state index in [9.17, 15) is 0 Å². The molecule has 3 atom stereocenters. The molecular formula is C69H113NO. The molecule has 1 aromatic rings. The van der Waals surface area contributed by atoms with Crippen LogP contribution in [0.2, 0.25) is 0 Å². The van der Waals surface area contributed by atoms with Gasteiger partial charge in [0.1, 0.15) is 11.9 Å². The molecule has 2 aliphatic carbocycles. The number of terminal acetylenes is 1. The number of aromatic nitrogens is 1. The maximum absolute atomic E-state index is 7.05. The Morgan fingerprint density at radius 3 is 1.61 bits per heavy atom. The van der Waals surface area contributed by atoms with Crippen molar-refractivity contribution >= 4 is 6.08 Å². The molecule has 0 saturated heterocycles. The number of ether oxygens (including phenoxy) is 1. The number of hydrogen-bond donors (Lipinski definition) is 0. The van der Waals surface area contributed by atoms with Gasteiger partial charge < -0.3 is 9.30 Å². The lowest BCUT2D eigenvalue weighted by Gasteiger charge is -2.37. The van der Waals surface area contributed by atoms with Crippen molar-refractivity contribution in [1.29, 1.82) is 0 Å². The molecule has 3 unspecified atom stereocenters. The van der Waals surface area contributed by atoms with E-state index in [1.807, 2.05) is 0 Å². The number of nitrogens with zero attached hydrogens (tertiary/aromatic N) is 1. The molecule has 0 amide bonds. The van der Waals surface area contributed by atoms with Crippen molar-refractivity contribution in [2.45, 2.75) is 335 Å². The highest BCUT2D eigenvalue weighted by Gasteiger charge is 2.48. The lowest BCUT2D eigenvalue weighted by Crippen LogP contribution is -2.41. The highest BCUT2D eigenvalue weighted by atomic mass is 16.5. The molecule has 3 aliphatic rings. The number of allylic oxidation sites excluding steroid dienone is 4. The van der Waals surface area contributed by atoms with Gasteiger partial charge in [-0.2, -0.15) is 0 Å². The molecule has 2 heterocycles. The van der Waals surface area contributed by atoms with E-state index in [2.05, 4.69) is 87.4 Å². The summed E-state index contributed by atoms with van der Waals surface area (Å²) in [5, 5.41) is 0. The van der Waals surface area contributed by atoms with Crippen molar-refractivity contribution < 1.29 is 4.74 Å². The minimum absolute atomic E-state index is 0.0640. The van der Waals surface area contributed by atoms with E-state index in [1.54, 1.807) is 0 Å². The van der Waals surface area contributed by atoms with Crippen molar-refractivity contribution in [2.75, 3.05) is 0 Å². The Balaban J connectivity index is 1.34. The third kappa shape index (κ3) is 21.5. The van der Waals surface area contributed by atoms with Crippen LogP contribution >= 0.6 is 0 Å². The topological polar surface area (TPSA) is 14.2 Å². The van der Waals surface area contributed by atoms with Gasteiger partial charge in [0.25, 0.3) is 0 Å². The molecule has 0 bridgehead atoms. The van der Waals surface area contributed by atoms with Gasteiger partial charge in [-0.25, -0.2) is 0 Å². The molecule has 0 fully saturated rings. The minimum atomic E-state index is -0.786. The third-order valence-electron chi connectivity index (χ3n) is 16.9. The van der Waals surface area contributed by atoms with Crippen LogP contribution in [0.3, 0.4) is 0 Å². The lowest BCUT2D eigenvalue weighted by molar-refractivity contribution is 0.183. The van der Waals surface area contributed by atoms with E-state index in [1.165, 1.54) is 277 Å². The van der Waals surface area contributed by atoms with E-state index in [4.69, 9.17) is 11.2 Å². The first-order valence-corrected chi connectivity index (χ1v) is 31.7. The number of rotatable bonds is 43. The molecule has 71 heavy (non-hydrogen) atoms. The van der Waals surface area contributed by atoms with Crippen molar-refractivity contribution in [3.63, 3.8) is 0 Å². The zero-order valence-corrected chi connectivity index (χ0v) is 47.8. The van der Waals surface area contributed by atoms with Crippen LogP contribution in [-0.2, 0) is 10.3 Å². The Bertz CT molecular complexity index is 1780. The van der Waals surface area contributed by atoms with Gasteiger partial charge in [-0.1, -0.05) is 276 Å².